The highest BCUT2D eigenvalue weighted by Crippen LogP contribution is 2.41. The van der Waals surface area contributed by atoms with E-state index in [4.69, 9.17) is 21.1 Å². The first-order valence-electron chi connectivity index (χ1n) is 13.1. The van der Waals surface area contributed by atoms with E-state index in [0.29, 0.717) is 23.1 Å². The van der Waals surface area contributed by atoms with Crippen molar-refractivity contribution in [2.75, 3.05) is 11.5 Å². The van der Waals surface area contributed by atoms with Crippen molar-refractivity contribution in [3.05, 3.63) is 82.5 Å². The number of carbonyl (C=O) groups is 1. The highest BCUT2D eigenvalue weighted by Gasteiger charge is 2.26. The van der Waals surface area contributed by atoms with Crippen LogP contribution < -0.4 is 9.47 Å². The van der Waals surface area contributed by atoms with Gasteiger partial charge in [-0.25, -0.2) is 8.89 Å². The highest BCUT2D eigenvalue weighted by molar-refractivity contribution is 7.93. The van der Waals surface area contributed by atoms with E-state index >= 15 is 0 Å². The van der Waals surface area contributed by atoms with Gasteiger partial charge in [0, 0.05) is 24.1 Å². The van der Waals surface area contributed by atoms with Crippen molar-refractivity contribution in [3.8, 4) is 11.6 Å². The maximum absolute atomic E-state index is 13.8. The van der Waals surface area contributed by atoms with E-state index in [2.05, 4.69) is 27.7 Å². The molecule has 39 heavy (non-hydrogen) atoms. The average molecular weight is 566 g/mol. The zero-order valence-electron chi connectivity index (χ0n) is 22.4. The largest absolute Gasteiger partial charge is 0.489 e. The molecule has 0 saturated carbocycles. The van der Waals surface area contributed by atoms with E-state index in [1.807, 2.05) is 38.1 Å². The fourth-order valence-electron chi connectivity index (χ4n) is 4.73. The van der Waals surface area contributed by atoms with E-state index in [1.165, 1.54) is 10.9 Å². The molecule has 0 spiro atoms. The smallest absolute Gasteiger partial charge is 0.223 e. The predicted octanol–water partition coefficient (Wildman–Crippen LogP) is 7.11. The second kappa shape index (κ2) is 11.4. The molecule has 0 radical (unpaired) electrons. The Kier molecular flexibility index (Phi) is 7.96. The van der Waals surface area contributed by atoms with Crippen LogP contribution in [0.2, 0.25) is 5.02 Å². The Morgan fingerprint density at radius 2 is 1.79 bits per heavy atom. The number of ketones is 1. The maximum Gasteiger partial charge on any atom is 0.223 e. The van der Waals surface area contributed by atoms with Gasteiger partial charge in [-0.15, -0.1) is 0 Å². The van der Waals surface area contributed by atoms with E-state index in [9.17, 15) is 9.00 Å². The van der Waals surface area contributed by atoms with Crippen LogP contribution in [-0.2, 0) is 23.4 Å². The fraction of sp³-hybridized carbons (Fsp3) is 0.333. The number of halogens is 1. The number of nitrogens with zero attached hydrogens (tertiary/aromatic N) is 3. The van der Waals surface area contributed by atoms with Crippen LogP contribution in [0.4, 0.5) is 5.69 Å². The van der Waals surface area contributed by atoms with Crippen LogP contribution in [0.5, 0.6) is 11.6 Å². The molecule has 0 aliphatic carbocycles. The summed E-state index contributed by atoms with van der Waals surface area (Å²) in [4.78, 5) is 13.8. The van der Waals surface area contributed by atoms with Crippen LogP contribution in [0.1, 0.15) is 54.6 Å². The third-order valence-corrected chi connectivity index (χ3v) is 9.44. The third-order valence-electron chi connectivity index (χ3n) is 6.69. The van der Waals surface area contributed by atoms with Gasteiger partial charge in [-0.05, 0) is 61.2 Å². The zero-order chi connectivity index (χ0) is 27.6. The minimum Gasteiger partial charge on any atom is -0.489 e. The number of rotatable bonds is 8. The molecule has 5 rings (SSSR count). The summed E-state index contributed by atoms with van der Waals surface area (Å²) in [5.41, 5.74) is 1.75. The number of benzene rings is 3. The standard InChI is InChI=1S/C30H32ClN3O4S/c1-20(2)38-26-14-13-24(27(31)28(26)33-39(36)15-7-4-8-16-39)29(35)25-18-32-34(3)30(25)37-19-21-11-12-22-9-5-6-10-23(22)17-21/h5-6,9-14,17-18,20H,4,7-8,15-16,19H2,1-3H3. The Bertz CT molecular complexity index is 1640. The van der Waals surface area contributed by atoms with Crippen molar-refractivity contribution in [2.24, 2.45) is 11.4 Å². The lowest BCUT2D eigenvalue weighted by Gasteiger charge is -2.19. The average Bonchev–Trinajstić information content (AvgIpc) is 3.29. The van der Waals surface area contributed by atoms with Crippen LogP contribution in [0.25, 0.3) is 10.8 Å². The van der Waals surface area contributed by atoms with Gasteiger partial charge in [0.2, 0.25) is 11.7 Å². The van der Waals surface area contributed by atoms with Crippen molar-refractivity contribution in [1.29, 1.82) is 0 Å². The molecule has 0 amide bonds. The lowest BCUT2D eigenvalue weighted by molar-refractivity contribution is 0.103. The molecule has 0 unspecified atom stereocenters. The summed E-state index contributed by atoms with van der Waals surface area (Å²) in [7, 11) is -0.758. The summed E-state index contributed by atoms with van der Waals surface area (Å²) in [6.45, 7) is 4.06. The number of hydrogen-bond acceptors (Lipinski definition) is 6. The SMILES string of the molecule is CC(C)Oc1ccc(C(=O)c2cnn(C)c2OCc2ccc3ccccc3c2)c(Cl)c1N=S1(=O)CCCCC1. The molecule has 204 valence electrons. The quantitative estimate of drug-likeness (QED) is 0.213. The molecule has 2 heterocycles. The highest BCUT2D eigenvalue weighted by atomic mass is 35.5. The molecular formula is C30H32ClN3O4S. The van der Waals surface area contributed by atoms with Crippen molar-refractivity contribution >= 4 is 43.6 Å². The molecule has 0 N–H and O–H groups in total. The summed E-state index contributed by atoms with van der Waals surface area (Å²) in [6.07, 6.45) is 4.08. The lowest BCUT2D eigenvalue weighted by Crippen LogP contribution is -2.16. The van der Waals surface area contributed by atoms with E-state index in [0.717, 1.165) is 35.6 Å². The van der Waals surface area contributed by atoms with Crippen LogP contribution in [0, 0.1) is 0 Å². The summed E-state index contributed by atoms with van der Waals surface area (Å²) in [6, 6.07) is 17.5. The second-order valence-electron chi connectivity index (χ2n) is 10.1. The minimum atomic E-state index is -2.48. The molecule has 4 aromatic rings. The Morgan fingerprint density at radius 3 is 2.54 bits per heavy atom. The monoisotopic (exact) mass is 565 g/mol. The Balaban J connectivity index is 1.48. The molecule has 7 nitrogen and oxygen atoms in total. The van der Waals surface area contributed by atoms with Gasteiger partial charge in [-0.3, -0.25) is 4.79 Å². The van der Waals surface area contributed by atoms with Gasteiger partial charge in [0.05, 0.1) is 27.1 Å². The third kappa shape index (κ3) is 5.97. The first-order valence-corrected chi connectivity index (χ1v) is 15.4. The van der Waals surface area contributed by atoms with Crippen molar-refractivity contribution < 1.29 is 18.5 Å². The second-order valence-corrected chi connectivity index (χ2v) is 13.0. The van der Waals surface area contributed by atoms with Crippen LogP contribution >= 0.6 is 11.6 Å². The topological polar surface area (TPSA) is 82.8 Å². The Hall–Kier alpha value is -3.36. The van der Waals surface area contributed by atoms with E-state index < -0.39 is 9.73 Å². The van der Waals surface area contributed by atoms with E-state index in [-0.39, 0.29) is 40.3 Å². The van der Waals surface area contributed by atoms with Gasteiger partial charge in [0.25, 0.3) is 0 Å². The molecule has 0 atom stereocenters. The maximum atomic E-state index is 13.8. The van der Waals surface area contributed by atoms with Crippen molar-refractivity contribution in [3.63, 3.8) is 0 Å². The number of carbonyl (C=O) groups excluding carboxylic acids is 1. The number of aryl methyl sites for hydroxylation is 1. The molecule has 1 saturated heterocycles. The molecule has 9 heteroatoms. The van der Waals surface area contributed by atoms with Crippen LogP contribution in [0.15, 0.2) is 65.2 Å². The summed E-state index contributed by atoms with van der Waals surface area (Å²) in [5, 5.41) is 6.65. The number of hydrogen-bond donors (Lipinski definition) is 0. The lowest BCUT2D eigenvalue weighted by atomic mass is 10.0. The molecule has 0 bridgehead atoms. The normalized spacial score (nSPS) is 14.9. The Labute approximate surface area is 234 Å². The predicted molar refractivity (Wildman–Crippen MR) is 156 cm³/mol. The van der Waals surface area contributed by atoms with Gasteiger partial charge in [0.15, 0.2) is 0 Å². The number of ether oxygens (including phenoxy) is 2. The summed E-state index contributed by atoms with van der Waals surface area (Å²) in [5.74, 6) is 1.42. The minimum absolute atomic E-state index is 0.121. The summed E-state index contributed by atoms with van der Waals surface area (Å²) >= 11 is 6.82. The molecule has 1 aliphatic heterocycles. The van der Waals surface area contributed by atoms with Gasteiger partial charge in [-0.2, -0.15) is 9.46 Å². The van der Waals surface area contributed by atoms with E-state index in [1.54, 1.807) is 19.2 Å². The first kappa shape index (κ1) is 27.2. The van der Waals surface area contributed by atoms with Crippen LogP contribution in [0.3, 0.4) is 0 Å². The van der Waals surface area contributed by atoms with Gasteiger partial charge in [0.1, 0.15) is 23.6 Å². The molecular weight excluding hydrogens is 534 g/mol. The molecule has 3 aromatic carbocycles. The summed E-state index contributed by atoms with van der Waals surface area (Å²) < 4.78 is 31.7. The molecule has 1 aromatic heterocycles. The van der Waals surface area contributed by atoms with Gasteiger partial charge < -0.3 is 9.47 Å². The zero-order valence-corrected chi connectivity index (χ0v) is 23.9. The van der Waals surface area contributed by atoms with Gasteiger partial charge in [-0.1, -0.05) is 54.4 Å². The van der Waals surface area contributed by atoms with Crippen LogP contribution in [-0.4, -0.2) is 37.4 Å². The Morgan fingerprint density at radius 1 is 1.05 bits per heavy atom. The molecule has 1 fully saturated rings. The fourth-order valence-corrected chi connectivity index (χ4v) is 7.27. The van der Waals surface area contributed by atoms with Crippen molar-refractivity contribution in [2.45, 2.75) is 45.8 Å². The van der Waals surface area contributed by atoms with Gasteiger partial charge >= 0.3 is 0 Å². The molecule has 1 aliphatic rings. The van der Waals surface area contributed by atoms with Crippen molar-refractivity contribution in [1.82, 2.24) is 9.78 Å². The number of aromatic nitrogens is 2. The number of fused-ring (bicyclic) bond motifs is 1. The first-order chi connectivity index (χ1) is 18.7.